The molecule has 3 atom stereocenters. The number of carbonyl (C=O) groups excluding carboxylic acids is 2. The van der Waals surface area contributed by atoms with E-state index in [4.69, 9.17) is 34.8 Å². The lowest BCUT2D eigenvalue weighted by Crippen LogP contribution is -2.52. The summed E-state index contributed by atoms with van der Waals surface area (Å²) in [6.45, 7) is 1.81. The monoisotopic (exact) mass is 487 g/mol. The summed E-state index contributed by atoms with van der Waals surface area (Å²) < 4.78 is 0. The van der Waals surface area contributed by atoms with Crippen molar-refractivity contribution in [1.82, 2.24) is 9.97 Å². The Hall–Kier alpha value is -2.47. The van der Waals surface area contributed by atoms with Gasteiger partial charge in [0.2, 0.25) is 11.2 Å². The molecule has 3 aromatic rings. The Morgan fingerprint density at radius 3 is 2.47 bits per heavy atom. The fraction of sp³-hybridized carbons (Fsp3) is 0.250. The second-order valence-corrected chi connectivity index (χ2v) is 9.36. The van der Waals surface area contributed by atoms with E-state index in [0.717, 1.165) is 17.4 Å². The molecule has 0 N–H and O–H groups in total. The summed E-state index contributed by atoms with van der Waals surface area (Å²) in [7, 11) is 0. The van der Waals surface area contributed by atoms with Gasteiger partial charge in [0.25, 0.3) is 0 Å². The molecule has 2 aromatic carbocycles. The van der Waals surface area contributed by atoms with E-state index >= 15 is 0 Å². The molecular formula is C24H20Cl3N3O2. The van der Waals surface area contributed by atoms with Crippen molar-refractivity contribution in [3.05, 3.63) is 87.2 Å². The van der Waals surface area contributed by atoms with E-state index in [0.29, 0.717) is 22.3 Å². The minimum atomic E-state index is -0.922. The Bertz CT molecular complexity index is 1160. The topological polar surface area (TPSA) is 63.2 Å². The number of halogens is 3. The average Bonchev–Trinajstić information content (AvgIpc) is 2.76. The van der Waals surface area contributed by atoms with Crippen molar-refractivity contribution in [1.29, 1.82) is 0 Å². The Kier molecular flexibility index (Phi) is 6.52. The van der Waals surface area contributed by atoms with Crippen LogP contribution in [0.1, 0.15) is 42.9 Å². The predicted molar refractivity (Wildman–Crippen MR) is 126 cm³/mol. The molecule has 0 aliphatic carbocycles. The molecule has 0 spiro atoms. The number of amides is 1. The van der Waals surface area contributed by atoms with Gasteiger partial charge in [0.1, 0.15) is 12.1 Å². The number of anilines is 1. The van der Waals surface area contributed by atoms with Crippen LogP contribution in [0.4, 0.5) is 5.82 Å². The maximum atomic E-state index is 13.9. The van der Waals surface area contributed by atoms with Gasteiger partial charge in [0, 0.05) is 28.6 Å². The fourth-order valence-electron chi connectivity index (χ4n) is 4.42. The number of hydrogen-bond acceptors (Lipinski definition) is 4. The van der Waals surface area contributed by atoms with Crippen LogP contribution < -0.4 is 4.90 Å². The molecule has 164 valence electrons. The first-order valence-electron chi connectivity index (χ1n) is 10.1. The molecular weight excluding hydrogens is 469 g/mol. The largest absolute Gasteiger partial charge is 0.303 e. The highest BCUT2D eigenvalue weighted by atomic mass is 35.5. The molecule has 0 bridgehead atoms. The molecule has 0 radical (unpaired) electrons. The van der Waals surface area contributed by atoms with Gasteiger partial charge in [-0.25, -0.2) is 9.97 Å². The first kappa shape index (κ1) is 22.7. The van der Waals surface area contributed by atoms with E-state index < -0.39 is 11.5 Å². The fourth-order valence-corrected chi connectivity index (χ4v) is 4.89. The minimum Gasteiger partial charge on any atom is -0.303 e. The standard InChI is InChI=1S/C24H20Cl3N3O2/c1-24(10-12-31)14-19(16-3-2-4-18(26)13-16)21(15-5-7-17(25)8-6-15)30(22(24)32)20-9-11-28-23(27)29-20/h2-9,11-13,19,21H,10,14H2,1H3/t19-,21?,24+/m1/s1. The molecule has 1 aromatic heterocycles. The molecule has 1 fully saturated rings. The second kappa shape index (κ2) is 9.18. The number of benzene rings is 2. The smallest absolute Gasteiger partial charge is 0.235 e. The summed E-state index contributed by atoms with van der Waals surface area (Å²) in [5.41, 5.74) is 0.928. The van der Waals surface area contributed by atoms with Crippen LogP contribution in [0.25, 0.3) is 0 Å². The van der Waals surface area contributed by atoms with E-state index in [9.17, 15) is 9.59 Å². The number of rotatable bonds is 5. The van der Waals surface area contributed by atoms with E-state index in [1.165, 1.54) is 6.20 Å². The summed E-state index contributed by atoms with van der Waals surface area (Å²) in [4.78, 5) is 35.3. The maximum absolute atomic E-state index is 13.9. The van der Waals surface area contributed by atoms with Crippen LogP contribution in [0.3, 0.4) is 0 Å². The Morgan fingerprint density at radius 1 is 1.06 bits per heavy atom. The first-order valence-corrected chi connectivity index (χ1v) is 11.2. The van der Waals surface area contributed by atoms with Crippen LogP contribution >= 0.6 is 34.8 Å². The summed E-state index contributed by atoms with van der Waals surface area (Å²) in [5.74, 6) is 0.0164. The number of aromatic nitrogens is 2. The van der Waals surface area contributed by atoms with Gasteiger partial charge < -0.3 is 4.79 Å². The average molecular weight is 489 g/mol. The number of carbonyl (C=O) groups is 2. The number of piperidine rings is 1. The summed E-state index contributed by atoms with van der Waals surface area (Å²) in [6.07, 6.45) is 2.86. The first-order chi connectivity index (χ1) is 15.3. The van der Waals surface area contributed by atoms with Crippen molar-refractivity contribution in [2.75, 3.05) is 4.90 Å². The highest BCUT2D eigenvalue weighted by Gasteiger charge is 2.50. The number of nitrogens with zero attached hydrogens (tertiary/aromatic N) is 3. The normalized spacial score (nSPS) is 23.2. The SMILES string of the molecule is C[C@]1(CC=O)C[C@H](c2cccc(Cl)c2)C(c2ccc(Cl)cc2)N(c2ccnc(Cl)n2)C1=O. The van der Waals surface area contributed by atoms with E-state index in [2.05, 4.69) is 9.97 Å². The van der Waals surface area contributed by atoms with Crippen molar-refractivity contribution >= 4 is 52.8 Å². The number of aldehydes is 1. The van der Waals surface area contributed by atoms with Gasteiger partial charge in [-0.3, -0.25) is 9.69 Å². The Labute approximate surface area is 201 Å². The van der Waals surface area contributed by atoms with Gasteiger partial charge in [-0.15, -0.1) is 0 Å². The van der Waals surface area contributed by atoms with Crippen LogP contribution in [0.2, 0.25) is 15.3 Å². The predicted octanol–water partition coefficient (Wildman–Crippen LogP) is 6.29. The zero-order valence-electron chi connectivity index (χ0n) is 17.2. The molecule has 1 unspecified atom stereocenters. The minimum absolute atomic E-state index is 0.0344. The van der Waals surface area contributed by atoms with Gasteiger partial charge in [-0.05, 0) is 59.5 Å². The second-order valence-electron chi connectivity index (χ2n) is 8.15. The van der Waals surface area contributed by atoms with Gasteiger partial charge in [-0.1, -0.05) is 54.4 Å². The third-order valence-corrected chi connectivity index (χ3v) is 6.61. The van der Waals surface area contributed by atoms with Gasteiger partial charge in [-0.2, -0.15) is 0 Å². The van der Waals surface area contributed by atoms with E-state index in [1.54, 1.807) is 23.1 Å². The van der Waals surface area contributed by atoms with Crippen LogP contribution in [-0.2, 0) is 9.59 Å². The quantitative estimate of drug-likeness (QED) is 0.312. The number of hydrogen-bond donors (Lipinski definition) is 0. The molecule has 2 heterocycles. The third-order valence-electron chi connectivity index (χ3n) is 5.95. The molecule has 4 rings (SSSR count). The maximum Gasteiger partial charge on any atom is 0.235 e. The van der Waals surface area contributed by atoms with Crippen LogP contribution in [-0.4, -0.2) is 22.2 Å². The lowest BCUT2D eigenvalue weighted by molar-refractivity contribution is -0.133. The van der Waals surface area contributed by atoms with Crippen LogP contribution in [0.15, 0.2) is 60.8 Å². The highest BCUT2D eigenvalue weighted by molar-refractivity contribution is 6.31. The zero-order valence-corrected chi connectivity index (χ0v) is 19.5. The van der Waals surface area contributed by atoms with E-state index in [-0.39, 0.29) is 23.5 Å². The zero-order chi connectivity index (χ0) is 22.9. The van der Waals surface area contributed by atoms with E-state index in [1.807, 2.05) is 43.3 Å². The molecule has 8 heteroatoms. The molecule has 0 saturated carbocycles. The van der Waals surface area contributed by atoms with Crippen LogP contribution in [0, 0.1) is 5.41 Å². The van der Waals surface area contributed by atoms with Crippen molar-refractivity contribution < 1.29 is 9.59 Å². The molecule has 1 amide bonds. The summed E-state index contributed by atoms with van der Waals surface area (Å²) in [6, 6.07) is 16.2. The van der Waals surface area contributed by atoms with Crippen molar-refractivity contribution in [3.8, 4) is 0 Å². The van der Waals surface area contributed by atoms with Gasteiger partial charge >= 0.3 is 0 Å². The Morgan fingerprint density at radius 2 is 1.81 bits per heavy atom. The lowest BCUT2D eigenvalue weighted by Gasteiger charge is -2.48. The molecule has 1 aliphatic rings. The van der Waals surface area contributed by atoms with Gasteiger partial charge in [0.15, 0.2) is 0 Å². The summed E-state index contributed by atoms with van der Waals surface area (Å²) in [5, 5.41) is 1.23. The molecule has 1 aliphatic heterocycles. The van der Waals surface area contributed by atoms with Crippen molar-refractivity contribution in [2.24, 2.45) is 5.41 Å². The van der Waals surface area contributed by atoms with Crippen molar-refractivity contribution in [2.45, 2.75) is 31.7 Å². The molecule has 32 heavy (non-hydrogen) atoms. The third kappa shape index (κ3) is 4.38. The van der Waals surface area contributed by atoms with Gasteiger partial charge in [0.05, 0.1) is 11.5 Å². The molecule has 1 saturated heterocycles. The molecule has 5 nitrogen and oxygen atoms in total. The Balaban J connectivity index is 1.95. The lowest BCUT2D eigenvalue weighted by atomic mass is 9.67. The van der Waals surface area contributed by atoms with Crippen molar-refractivity contribution in [3.63, 3.8) is 0 Å². The summed E-state index contributed by atoms with van der Waals surface area (Å²) >= 11 is 18.5. The highest BCUT2D eigenvalue weighted by Crippen LogP contribution is 2.52. The van der Waals surface area contributed by atoms with Crippen LogP contribution in [0.5, 0.6) is 0 Å².